The Balaban J connectivity index is 1.67. The van der Waals surface area contributed by atoms with Crippen LogP contribution in [0.2, 0.25) is 0 Å². The first-order valence-electron chi connectivity index (χ1n) is 8.58. The quantitative estimate of drug-likeness (QED) is 0.904. The molecule has 2 aliphatic rings. The highest BCUT2D eigenvalue weighted by Crippen LogP contribution is 2.27. The predicted molar refractivity (Wildman–Crippen MR) is 86.1 cm³/mol. The fourth-order valence-electron chi connectivity index (χ4n) is 4.01. The van der Waals surface area contributed by atoms with Crippen LogP contribution < -0.4 is 10.2 Å². The van der Waals surface area contributed by atoms with Crippen molar-refractivity contribution in [3.8, 4) is 0 Å². The molecule has 0 amide bonds. The second kappa shape index (κ2) is 6.95. The van der Waals surface area contributed by atoms with Crippen LogP contribution >= 0.6 is 0 Å². The summed E-state index contributed by atoms with van der Waals surface area (Å²) in [6.07, 6.45) is 7.64. The molecule has 22 heavy (non-hydrogen) atoms. The van der Waals surface area contributed by atoms with Gasteiger partial charge in [0.05, 0.1) is 5.69 Å². The molecule has 2 unspecified atom stereocenters. The minimum absolute atomic E-state index is 0.399. The second-order valence-corrected chi connectivity index (χ2v) is 7.04. The highest BCUT2D eigenvalue weighted by atomic mass is 19.1. The summed E-state index contributed by atoms with van der Waals surface area (Å²) in [4.78, 5) is 2.07. The molecule has 1 aliphatic carbocycles. The maximum Gasteiger partial charge on any atom is 0.149 e. The van der Waals surface area contributed by atoms with Crippen molar-refractivity contribution < 1.29 is 8.78 Å². The summed E-state index contributed by atoms with van der Waals surface area (Å²) in [6, 6.07) is 4.92. The van der Waals surface area contributed by atoms with Crippen LogP contribution in [0.25, 0.3) is 0 Å². The molecular formula is C18H26F2N2. The Morgan fingerprint density at radius 2 is 1.82 bits per heavy atom. The van der Waals surface area contributed by atoms with Crippen molar-refractivity contribution >= 4 is 5.69 Å². The fourth-order valence-corrected chi connectivity index (χ4v) is 4.01. The highest BCUT2D eigenvalue weighted by Gasteiger charge is 2.28. The van der Waals surface area contributed by atoms with Crippen molar-refractivity contribution in [3.63, 3.8) is 0 Å². The first-order chi connectivity index (χ1) is 10.6. The van der Waals surface area contributed by atoms with Gasteiger partial charge in [-0.2, -0.15) is 0 Å². The monoisotopic (exact) mass is 308 g/mol. The number of halogens is 2. The van der Waals surface area contributed by atoms with Gasteiger partial charge in [-0.15, -0.1) is 0 Å². The van der Waals surface area contributed by atoms with Gasteiger partial charge in [0, 0.05) is 31.2 Å². The lowest BCUT2D eigenvalue weighted by atomic mass is 9.91. The summed E-state index contributed by atoms with van der Waals surface area (Å²) in [5, 5.41) is 3.78. The van der Waals surface area contributed by atoms with Gasteiger partial charge in [-0.3, -0.25) is 0 Å². The largest absolute Gasteiger partial charge is 0.367 e. The van der Waals surface area contributed by atoms with E-state index in [1.54, 1.807) is 6.07 Å². The lowest BCUT2D eigenvalue weighted by Crippen LogP contribution is -2.52. The minimum atomic E-state index is -0.511. The Hall–Kier alpha value is -1.16. The van der Waals surface area contributed by atoms with Crippen molar-refractivity contribution in [1.82, 2.24) is 5.32 Å². The van der Waals surface area contributed by atoms with Crippen LogP contribution in [0.4, 0.5) is 14.5 Å². The summed E-state index contributed by atoms with van der Waals surface area (Å²) in [6.45, 7) is 3.86. The molecule has 2 fully saturated rings. The number of anilines is 1. The molecule has 0 spiro atoms. The van der Waals surface area contributed by atoms with Gasteiger partial charge < -0.3 is 10.2 Å². The van der Waals surface area contributed by atoms with Gasteiger partial charge in [0.25, 0.3) is 0 Å². The van der Waals surface area contributed by atoms with E-state index in [0.29, 0.717) is 23.7 Å². The number of piperidine rings is 1. The third-order valence-corrected chi connectivity index (χ3v) is 4.99. The Morgan fingerprint density at radius 3 is 2.55 bits per heavy atom. The topological polar surface area (TPSA) is 15.3 Å². The Kier molecular flexibility index (Phi) is 4.97. The number of rotatable bonds is 3. The molecular weight excluding hydrogens is 282 g/mol. The average Bonchev–Trinajstić information content (AvgIpc) is 2.47. The molecule has 0 aromatic heterocycles. The molecule has 0 radical (unpaired) electrons. The molecule has 3 rings (SSSR count). The molecule has 1 saturated heterocycles. The van der Waals surface area contributed by atoms with E-state index in [1.165, 1.54) is 38.2 Å². The van der Waals surface area contributed by atoms with Crippen LogP contribution in [0.3, 0.4) is 0 Å². The summed E-state index contributed by atoms with van der Waals surface area (Å²) in [5.74, 6) is -0.451. The van der Waals surface area contributed by atoms with Gasteiger partial charge in [0.2, 0.25) is 0 Å². The summed E-state index contributed by atoms with van der Waals surface area (Å²) in [5.41, 5.74) is 0.531. The third-order valence-electron chi connectivity index (χ3n) is 4.99. The number of nitrogens with zero attached hydrogens (tertiary/aromatic N) is 1. The molecule has 4 heteroatoms. The summed E-state index contributed by atoms with van der Waals surface area (Å²) >= 11 is 0. The number of hydrogen-bond acceptors (Lipinski definition) is 2. The lowest BCUT2D eigenvalue weighted by molar-refractivity contribution is 0.284. The second-order valence-electron chi connectivity index (χ2n) is 7.04. The molecule has 1 N–H and O–H groups in total. The van der Waals surface area contributed by atoms with Crippen molar-refractivity contribution in [2.24, 2.45) is 5.92 Å². The molecule has 1 saturated carbocycles. The summed E-state index contributed by atoms with van der Waals surface area (Å²) < 4.78 is 27.2. The molecule has 2 nitrogen and oxygen atoms in total. The van der Waals surface area contributed by atoms with E-state index >= 15 is 0 Å². The maximum absolute atomic E-state index is 14.0. The van der Waals surface area contributed by atoms with Crippen LogP contribution in [0, 0.1) is 17.6 Å². The number of nitrogens with one attached hydrogen (secondary N) is 1. The fraction of sp³-hybridized carbons (Fsp3) is 0.667. The van der Waals surface area contributed by atoms with E-state index in [0.717, 1.165) is 25.6 Å². The lowest BCUT2D eigenvalue weighted by Gasteiger charge is -2.40. The SMILES string of the molecule is CC1CC(NC2CCCCC2)CN(c2ccc(F)cc2F)C1. The molecule has 1 aliphatic heterocycles. The van der Waals surface area contributed by atoms with Crippen molar-refractivity contribution in [3.05, 3.63) is 29.8 Å². The van der Waals surface area contributed by atoms with Gasteiger partial charge in [-0.05, 0) is 37.3 Å². The molecule has 2 atom stereocenters. The summed E-state index contributed by atoms with van der Waals surface area (Å²) in [7, 11) is 0. The Bertz CT molecular complexity index is 500. The van der Waals surface area contributed by atoms with E-state index in [2.05, 4.69) is 17.1 Å². The van der Waals surface area contributed by atoms with Crippen LogP contribution in [-0.2, 0) is 0 Å². The molecule has 1 aromatic rings. The van der Waals surface area contributed by atoms with E-state index in [9.17, 15) is 8.78 Å². The highest BCUT2D eigenvalue weighted by molar-refractivity contribution is 5.48. The van der Waals surface area contributed by atoms with Crippen LogP contribution in [0.5, 0.6) is 0 Å². The average molecular weight is 308 g/mol. The Labute approximate surface area is 131 Å². The van der Waals surface area contributed by atoms with Crippen LogP contribution in [0.1, 0.15) is 45.4 Å². The van der Waals surface area contributed by atoms with Crippen LogP contribution in [0.15, 0.2) is 18.2 Å². The molecule has 0 bridgehead atoms. The standard InChI is InChI=1S/C18H26F2N2/c1-13-9-16(21-15-5-3-2-4-6-15)12-22(11-13)18-8-7-14(19)10-17(18)20/h7-8,10,13,15-16,21H,2-6,9,11-12H2,1H3. The van der Waals surface area contributed by atoms with Gasteiger partial charge in [-0.25, -0.2) is 8.78 Å². The van der Waals surface area contributed by atoms with Gasteiger partial charge in [0.15, 0.2) is 0 Å². The third kappa shape index (κ3) is 3.78. The van der Waals surface area contributed by atoms with E-state index < -0.39 is 11.6 Å². The normalized spacial score (nSPS) is 27.1. The van der Waals surface area contributed by atoms with Gasteiger partial charge in [-0.1, -0.05) is 26.2 Å². The maximum atomic E-state index is 14.0. The van der Waals surface area contributed by atoms with E-state index in [1.807, 2.05) is 0 Å². The van der Waals surface area contributed by atoms with Crippen molar-refractivity contribution in [2.75, 3.05) is 18.0 Å². The van der Waals surface area contributed by atoms with Crippen molar-refractivity contribution in [2.45, 2.75) is 57.5 Å². The first kappa shape index (κ1) is 15.7. The first-order valence-corrected chi connectivity index (χ1v) is 8.58. The van der Waals surface area contributed by atoms with Gasteiger partial charge >= 0.3 is 0 Å². The minimum Gasteiger partial charge on any atom is -0.367 e. The number of benzene rings is 1. The Morgan fingerprint density at radius 1 is 1.05 bits per heavy atom. The predicted octanol–water partition coefficient (Wildman–Crippen LogP) is 4.10. The molecule has 1 heterocycles. The molecule has 1 aromatic carbocycles. The van der Waals surface area contributed by atoms with E-state index in [4.69, 9.17) is 0 Å². The van der Waals surface area contributed by atoms with Crippen molar-refractivity contribution in [1.29, 1.82) is 0 Å². The zero-order valence-corrected chi connectivity index (χ0v) is 13.3. The van der Waals surface area contributed by atoms with Crippen LogP contribution in [-0.4, -0.2) is 25.2 Å². The zero-order chi connectivity index (χ0) is 15.5. The zero-order valence-electron chi connectivity index (χ0n) is 13.3. The molecule has 122 valence electrons. The smallest absolute Gasteiger partial charge is 0.149 e. The number of hydrogen-bond donors (Lipinski definition) is 1. The van der Waals surface area contributed by atoms with E-state index in [-0.39, 0.29) is 0 Å². The van der Waals surface area contributed by atoms with Gasteiger partial charge in [0.1, 0.15) is 11.6 Å².